The number of benzene rings is 1. The van der Waals surface area contributed by atoms with Gasteiger partial charge in [-0.1, -0.05) is 0 Å². The summed E-state index contributed by atoms with van der Waals surface area (Å²) in [4.78, 5) is 36.5. The molecular weight excluding hydrogens is 460 g/mol. The van der Waals surface area contributed by atoms with Crippen molar-refractivity contribution in [1.29, 1.82) is 0 Å². The number of amides is 1. The molecule has 0 spiro atoms. The van der Waals surface area contributed by atoms with Gasteiger partial charge in [-0.05, 0) is 30.3 Å². The Morgan fingerprint density at radius 1 is 1.39 bits per heavy atom. The van der Waals surface area contributed by atoms with Crippen LogP contribution in [0.2, 0.25) is 0 Å². The van der Waals surface area contributed by atoms with E-state index in [0.29, 0.717) is 11.4 Å². The van der Waals surface area contributed by atoms with E-state index in [2.05, 4.69) is 14.6 Å². The largest absolute Gasteiger partial charge is 0.469 e. The van der Waals surface area contributed by atoms with E-state index in [9.17, 15) is 13.8 Å². The van der Waals surface area contributed by atoms with Gasteiger partial charge in [0, 0.05) is 31.4 Å². The number of carbonyl (C=O) groups is 1. The van der Waals surface area contributed by atoms with Gasteiger partial charge in [0.15, 0.2) is 0 Å². The predicted molar refractivity (Wildman–Crippen MR) is 117 cm³/mol. The predicted octanol–water partition coefficient (Wildman–Crippen LogP) is 0.794. The van der Waals surface area contributed by atoms with Gasteiger partial charge in [0.1, 0.15) is 17.7 Å². The number of ether oxygens (including phenoxy) is 1. The highest BCUT2D eigenvalue weighted by molar-refractivity contribution is 7.46. The van der Waals surface area contributed by atoms with Gasteiger partial charge in [0.2, 0.25) is 5.96 Å². The smallest absolute Gasteiger partial charge is 0.441 e. The highest BCUT2D eigenvalue weighted by atomic mass is 31.2. The number of carbonyl (C=O) groups excluding carboxylic acids is 1. The third-order valence-electron chi connectivity index (χ3n) is 4.57. The summed E-state index contributed by atoms with van der Waals surface area (Å²) >= 11 is 0. The van der Waals surface area contributed by atoms with Crippen molar-refractivity contribution < 1.29 is 32.8 Å². The van der Waals surface area contributed by atoms with Crippen molar-refractivity contribution in [2.45, 2.75) is 6.10 Å². The summed E-state index contributed by atoms with van der Waals surface area (Å²) in [6.45, 7) is -0.544. The molecule has 1 atom stereocenters. The van der Waals surface area contributed by atoms with Crippen LogP contribution in [-0.2, 0) is 13.8 Å². The van der Waals surface area contributed by atoms with Crippen LogP contribution in [0.5, 0.6) is 0 Å². The Morgan fingerprint density at radius 2 is 2.12 bits per heavy atom. The average Bonchev–Trinajstić information content (AvgIpc) is 3.11. The maximum atomic E-state index is 14.8. The number of phosphoric ester groups is 1. The quantitative estimate of drug-likeness (QED) is 0.144. The van der Waals surface area contributed by atoms with Gasteiger partial charge in [0.05, 0.1) is 18.8 Å². The van der Waals surface area contributed by atoms with Crippen LogP contribution in [0.1, 0.15) is 0 Å². The molecule has 0 bridgehead atoms. The van der Waals surface area contributed by atoms with Crippen LogP contribution in [0.4, 0.5) is 20.7 Å². The lowest BCUT2D eigenvalue weighted by Gasteiger charge is -2.18. The number of hydrogen-bond donors (Lipinski definition) is 4. The Morgan fingerprint density at radius 3 is 2.70 bits per heavy atom. The standard InChI is InChI=1S/C18H23FN7O6P/c1-24(17(20)23-25(2)21)16-6-3-11(8-22-16)14-5-4-12(7-15(14)19)26-9-13(32-18(26)27)10-31-33(28,29)30/h3-8,13H,9-10,21H2,1-2H3,(H2,20,23)(H2,28,29,30)/t13-/m1/s1. The fraction of sp³-hybridized carbons (Fsp3) is 0.278. The van der Waals surface area contributed by atoms with Crippen LogP contribution in [0.25, 0.3) is 11.1 Å². The van der Waals surface area contributed by atoms with Crippen molar-refractivity contribution in [2.75, 3.05) is 37.0 Å². The Kier molecular flexibility index (Phi) is 7.15. The summed E-state index contributed by atoms with van der Waals surface area (Å²) in [5.41, 5.74) is 6.78. The molecular formula is C18H23FN7O6P. The molecule has 33 heavy (non-hydrogen) atoms. The number of aromatic nitrogens is 1. The maximum absolute atomic E-state index is 14.8. The number of hydrogen-bond acceptors (Lipinski definition) is 8. The van der Waals surface area contributed by atoms with E-state index in [0.717, 1.165) is 16.1 Å². The third kappa shape index (κ3) is 6.15. The van der Waals surface area contributed by atoms with Gasteiger partial charge < -0.3 is 20.3 Å². The number of anilines is 2. The minimum absolute atomic E-state index is 0.0544. The number of pyridine rings is 1. The van der Waals surface area contributed by atoms with E-state index in [1.807, 2.05) is 0 Å². The highest BCUT2D eigenvalue weighted by Gasteiger charge is 2.34. The van der Waals surface area contributed by atoms with E-state index in [1.165, 1.54) is 30.3 Å². The van der Waals surface area contributed by atoms with Crippen molar-refractivity contribution in [3.05, 3.63) is 42.3 Å². The molecule has 1 saturated heterocycles. The monoisotopic (exact) mass is 483 g/mol. The highest BCUT2D eigenvalue weighted by Crippen LogP contribution is 2.37. The maximum Gasteiger partial charge on any atom is 0.469 e. The van der Waals surface area contributed by atoms with Crippen LogP contribution in [0, 0.1) is 5.82 Å². The van der Waals surface area contributed by atoms with Crippen molar-refractivity contribution >= 4 is 31.4 Å². The first-order chi connectivity index (χ1) is 15.4. The zero-order chi connectivity index (χ0) is 24.3. The van der Waals surface area contributed by atoms with Crippen LogP contribution < -0.4 is 21.4 Å². The zero-order valence-corrected chi connectivity index (χ0v) is 18.6. The molecule has 3 rings (SSSR count). The number of rotatable bonds is 7. The van der Waals surface area contributed by atoms with Gasteiger partial charge in [-0.3, -0.25) is 14.3 Å². The number of hydrazone groups is 1. The second-order valence-electron chi connectivity index (χ2n) is 7.06. The number of halogens is 1. The number of phosphoric acid groups is 1. The Labute approximate surface area is 188 Å². The molecule has 0 unspecified atom stereocenters. The molecule has 2 aromatic rings. The van der Waals surface area contributed by atoms with E-state index in [1.54, 1.807) is 19.2 Å². The molecule has 6 N–H and O–H groups in total. The molecule has 2 heterocycles. The van der Waals surface area contributed by atoms with Crippen molar-refractivity contribution in [2.24, 2.45) is 16.7 Å². The lowest BCUT2D eigenvalue weighted by atomic mass is 10.1. The molecule has 13 nitrogen and oxygen atoms in total. The Bertz CT molecular complexity index is 1090. The zero-order valence-electron chi connectivity index (χ0n) is 17.7. The molecule has 1 fully saturated rings. The van der Waals surface area contributed by atoms with Gasteiger partial charge in [-0.2, -0.15) is 0 Å². The number of nitrogens with zero attached hydrogens (tertiary/aromatic N) is 5. The first-order valence-electron chi connectivity index (χ1n) is 9.45. The van der Waals surface area contributed by atoms with Gasteiger partial charge in [-0.15, -0.1) is 5.10 Å². The summed E-state index contributed by atoms with van der Waals surface area (Å²) in [6.07, 6.45) is -0.224. The van der Waals surface area contributed by atoms with E-state index >= 15 is 0 Å². The number of nitrogens with two attached hydrogens (primary N) is 2. The lowest BCUT2D eigenvalue weighted by Crippen LogP contribution is -2.37. The van der Waals surface area contributed by atoms with Crippen molar-refractivity contribution in [1.82, 2.24) is 10.1 Å². The number of cyclic esters (lactones) is 1. The number of hydrazine groups is 1. The van der Waals surface area contributed by atoms with Gasteiger partial charge in [-0.25, -0.2) is 29.7 Å². The first-order valence-corrected chi connectivity index (χ1v) is 11.0. The average molecular weight is 483 g/mol. The fourth-order valence-corrected chi connectivity index (χ4v) is 3.36. The molecule has 1 aliphatic rings. The minimum Gasteiger partial charge on any atom is -0.441 e. The van der Waals surface area contributed by atoms with Crippen LogP contribution in [-0.4, -0.2) is 65.3 Å². The molecule has 0 saturated carbocycles. The summed E-state index contributed by atoms with van der Waals surface area (Å²) < 4.78 is 35.0. The second kappa shape index (κ2) is 9.68. The van der Waals surface area contributed by atoms with Crippen molar-refractivity contribution in [3.8, 4) is 11.1 Å². The van der Waals surface area contributed by atoms with Crippen LogP contribution >= 0.6 is 7.82 Å². The summed E-state index contributed by atoms with van der Waals surface area (Å²) in [7, 11) is -1.54. The molecule has 0 radical (unpaired) electrons. The van der Waals surface area contributed by atoms with Gasteiger partial charge in [0.25, 0.3) is 0 Å². The minimum atomic E-state index is -4.70. The normalized spacial score (nSPS) is 16.7. The summed E-state index contributed by atoms with van der Waals surface area (Å²) in [6, 6.07) is 7.44. The summed E-state index contributed by atoms with van der Waals surface area (Å²) in [5.74, 6) is 5.40. The molecule has 15 heteroatoms. The Hall–Kier alpha value is -3.29. The third-order valence-corrected chi connectivity index (χ3v) is 5.06. The molecule has 1 aromatic carbocycles. The topological polar surface area (TPSA) is 180 Å². The number of guanidine groups is 1. The molecule has 178 valence electrons. The van der Waals surface area contributed by atoms with E-state index < -0.39 is 32.4 Å². The van der Waals surface area contributed by atoms with Crippen molar-refractivity contribution in [3.63, 3.8) is 0 Å². The molecule has 1 aromatic heterocycles. The van der Waals surface area contributed by atoms with E-state index in [4.69, 9.17) is 26.1 Å². The van der Waals surface area contributed by atoms with Crippen LogP contribution in [0.3, 0.4) is 0 Å². The summed E-state index contributed by atoms with van der Waals surface area (Å²) in [5, 5.41) is 4.93. The first kappa shape index (κ1) is 24.4. The second-order valence-corrected chi connectivity index (χ2v) is 8.30. The SMILES string of the molecule is CN(N)/N=C(\N)N(C)c1ccc(-c2ccc(N3C[C@H](COP(=O)(O)O)OC3=O)cc2F)cn1. The van der Waals surface area contributed by atoms with Crippen LogP contribution in [0.15, 0.2) is 41.6 Å². The molecule has 0 aliphatic carbocycles. The molecule has 1 amide bonds. The fourth-order valence-electron chi connectivity index (χ4n) is 3.00. The van der Waals surface area contributed by atoms with E-state index in [-0.39, 0.29) is 23.8 Å². The Balaban J connectivity index is 1.73. The lowest BCUT2D eigenvalue weighted by molar-refractivity contribution is 0.0880. The molecule has 1 aliphatic heterocycles. The van der Waals surface area contributed by atoms with Gasteiger partial charge >= 0.3 is 13.9 Å².